The highest BCUT2D eigenvalue weighted by atomic mass is 19.3. The summed E-state index contributed by atoms with van der Waals surface area (Å²) in [5, 5.41) is 7.22. The van der Waals surface area contributed by atoms with Crippen LogP contribution in [0.5, 0.6) is 0 Å². The molecule has 0 aliphatic carbocycles. The van der Waals surface area contributed by atoms with E-state index in [2.05, 4.69) is 10.4 Å². The smallest absolute Gasteiger partial charge is 0.261 e. The van der Waals surface area contributed by atoms with Gasteiger partial charge in [-0.05, 0) is 13.0 Å². The van der Waals surface area contributed by atoms with E-state index in [0.717, 1.165) is 5.69 Å². The average molecular weight is 233 g/mol. The molecule has 1 aromatic rings. The minimum Gasteiger partial charge on any atom is -0.374 e. The lowest BCUT2D eigenvalue weighted by molar-refractivity contribution is 0.0182. The summed E-state index contributed by atoms with van der Waals surface area (Å²) < 4.78 is 30.0. The topological polar surface area (TPSA) is 39.1 Å². The van der Waals surface area contributed by atoms with E-state index in [1.807, 2.05) is 20.0 Å². The van der Waals surface area contributed by atoms with Gasteiger partial charge < -0.3 is 10.1 Å². The molecule has 0 fully saturated rings. The predicted octanol–water partition coefficient (Wildman–Crippen LogP) is 1.35. The predicted molar refractivity (Wildman–Crippen MR) is 56.4 cm³/mol. The molecule has 0 aliphatic rings. The normalized spacial score (nSPS) is 13.3. The van der Waals surface area contributed by atoms with Gasteiger partial charge in [0.25, 0.3) is 6.43 Å². The number of nitrogens with zero attached hydrogens (tertiary/aromatic N) is 2. The molecule has 0 aliphatic heterocycles. The summed E-state index contributed by atoms with van der Waals surface area (Å²) in [7, 11) is 1.86. The van der Waals surface area contributed by atoms with E-state index in [1.54, 1.807) is 10.9 Å². The van der Waals surface area contributed by atoms with Crippen LogP contribution in [0.3, 0.4) is 0 Å². The Labute approximate surface area is 93.6 Å². The van der Waals surface area contributed by atoms with E-state index < -0.39 is 13.0 Å². The maximum Gasteiger partial charge on any atom is 0.261 e. The van der Waals surface area contributed by atoms with Crippen LogP contribution in [0.1, 0.15) is 18.7 Å². The number of hydrogen-bond donors (Lipinski definition) is 1. The van der Waals surface area contributed by atoms with E-state index in [4.69, 9.17) is 4.74 Å². The Kier molecular flexibility index (Phi) is 5.34. The fourth-order valence-electron chi connectivity index (χ4n) is 1.43. The van der Waals surface area contributed by atoms with Crippen LogP contribution in [0.25, 0.3) is 0 Å². The van der Waals surface area contributed by atoms with Gasteiger partial charge in [0, 0.05) is 25.8 Å². The third kappa shape index (κ3) is 4.24. The average Bonchev–Trinajstić information content (AvgIpc) is 2.63. The Morgan fingerprint density at radius 1 is 1.56 bits per heavy atom. The zero-order valence-electron chi connectivity index (χ0n) is 9.49. The van der Waals surface area contributed by atoms with Crippen molar-refractivity contribution in [3.05, 3.63) is 18.0 Å². The van der Waals surface area contributed by atoms with Crippen molar-refractivity contribution in [2.45, 2.75) is 19.4 Å². The highest BCUT2D eigenvalue weighted by molar-refractivity contribution is 5.04. The van der Waals surface area contributed by atoms with Gasteiger partial charge in [-0.3, -0.25) is 4.68 Å². The van der Waals surface area contributed by atoms with Crippen molar-refractivity contribution in [2.75, 3.05) is 19.8 Å². The van der Waals surface area contributed by atoms with Crippen molar-refractivity contribution in [3.8, 4) is 0 Å². The molecule has 0 saturated carbocycles. The number of rotatable bonds is 7. The maximum absolute atomic E-state index is 11.7. The number of nitrogens with one attached hydrogen (secondary N) is 1. The summed E-state index contributed by atoms with van der Waals surface area (Å²) in [4.78, 5) is 0. The highest BCUT2D eigenvalue weighted by Crippen LogP contribution is 2.09. The summed E-state index contributed by atoms with van der Waals surface area (Å²) >= 11 is 0. The van der Waals surface area contributed by atoms with Crippen LogP contribution in [0.15, 0.2) is 12.3 Å². The molecule has 0 radical (unpaired) electrons. The van der Waals surface area contributed by atoms with E-state index in [0.29, 0.717) is 6.54 Å². The van der Waals surface area contributed by atoms with E-state index in [-0.39, 0.29) is 12.6 Å². The van der Waals surface area contributed by atoms with Crippen molar-refractivity contribution < 1.29 is 13.5 Å². The van der Waals surface area contributed by atoms with Crippen LogP contribution in [0.4, 0.5) is 8.78 Å². The van der Waals surface area contributed by atoms with Gasteiger partial charge >= 0.3 is 0 Å². The molecule has 92 valence electrons. The summed E-state index contributed by atoms with van der Waals surface area (Å²) in [6.07, 6.45) is -0.671. The van der Waals surface area contributed by atoms with Gasteiger partial charge in [0.2, 0.25) is 0 Å². The van der Waals surface area contributed by atoms with Crippen LogP contribution >= 0.6 is 0 Å². The minimum absolute atomic E-state index is 0.127. The molecule has 1 atom stereocenters. The summed E-state index contributed by atoms with van der Waals surface area (Å²) in [5.41, 5.74) is 1.05. The van der Waals surface area contributed by atoms with Crippen molar-refractivity contribution in [3.63, 3.8) is 0 Å². The standard InChI is InChI=1S/C10H17F2N3O/c1-8(9-3-4-14-15(9)2)13-5-6-16-7-10(11)12/h3-4,8,10,13H,5-7H2,1-2H3. The molecule has 1 rings (SSSR count). The van der Waals surface area contributed by atoms with Gasteiger partial charge in [-0.15, -0.1) is 0 Å². The molecular weight excluding hydrogens is 216 g/mol. The quantitative estimate of drug-likeness (QED) is 0.723. The number of hydrogen-bond acceptors (Lipinski definition) is 3. The summed E-state index contributed by atoms with van der Waals surface area (Å²) in [6, 6.07) is 2.04. The van der Waals surface area contributed by atoms with Gasteiger partial charge in [0.05, 0.1) is 12.3 Å². The second-order valence-corrected chi connectivity index (χ2v) is 3.52. The third-order valence-electron chi connectivity index (χ3n) is 2.24. The fraction of sp³-hybridized carbons (Fsp3) is 0.700. The Hall–Kier alpha value is -1.01. The Morgan fingerprint density at radius 2 is 2.31 bits per heavy atom. The zero-order chi connectivity index (χ0) is 12.0. The lowest BCUT2D eigenvalue weighted by Crippen LogP contribution is -2.25. The molecule has 0 amide bonds. The van der Waals surface area contributed by atoms with Crippen LogP contribution in [0, 0.1) is 0 Å². The number of aryl methyl sites for hydroxylation is 1. The van der Waals surface area contributed by atoms with Gasteiger partial charge in [-0.2, -0.15) is 5.10 Å². The number of halogens is 2. The molecule has 0 bridgehead atoms. The van der Waals surface area contributed by atoms with Crippen LogP contribution in [-0.4, -0.2) is 36.0 Å². The van der Waals surface area contributed by atoms with Gasteiger partial charge in [-0.1, -0.05) is 0 Å². The largest absolute Gasteiger partial charge is 0.374 e. The lowest BCUT2D eigenvalue weighted by Gasteiger charge is -2.14. The molecule has 1 heterocycles. The van der Waals surface area contributed by atoms with Crippen molar-refractivity contribution in [2.24, 2.45) is 7.05 Å². The van der Waals surface area contributed by atoms with Crippen molar-refractivity contribution in [1.29, 1.82) is 0 Å². The zero-order valence-corrected chi connectivity index (χ0v) is 9.49. The first-order valence-electron chi connectivity index (χ1n) is 5.18. The molecule has 0 spiro atoms. The van der Waals surface area contributed by atoms with E-state index in [1.165, 1.54) is 0 Å². The second-order valence-electron chi connectivity index (χ2n) is 3.52. The first-order chi connectivity index (χ1) is 7.61. The molecular formula is C10H17F2N3O. The molecule has 0 aromatic carbocycles. The first-order valence-corrected chi connectivity index (χ1v) is 5.18. The maximum atomic E-state index is 11.7. The molecule has 1 N–H and O–H groups in total. The minimum atomic E-state index is -2.39. The number of aromatic nitrogens is 2. The van der Waals surface area contributed by atoms with Crippen LogP contribution < -0.4 is 5.32 Å². The van der Waals surface area contributed by atoms with Crippen LogP contribution in [0.2, 0.25) is 0 Å². The first kappa shape index (κ1) is 13.1. The fourth-order valence-corrected chi connectivity index (χ4v) is 1.43. The summed E-state index contributed by atoms with van der Waals surface area (Å²) in [5.74, 6) is 0. The van der Waals surface area contributed by atoms with Gasteiger partial charge in [0.15, 0.2) is 0 Å². The molecule has 6 heteroatoms. The van der Waals surface area contributed by atoms with Crippen molar-refractivity contribution >= 4 is 0 Å². The highest BCUT2D eigenvalue weighted by Gasteiger charge is 2.08. The SMILES string of the molecule is CC(NCCOCC(F)F)c1ccnn1C. The van der Waals surface area contributed by atoms with Crippen LogP contribution in [-0.2, 0) is 11.8 Å². The molecule has 0 saturated heterocycles. The number of ether oxygens (including phenoxy) is 1. The van der Waals surface area contributed by atoms with E-state index >= 15 is 0 Å². The number of alkyl halides is 2. The van der Waals surface area contributed by atoms with Gasteiger partial charge in [0.1, 0.15) is 6.61 Å². The van der Waals surface area contributed by atoms with Crippen molar-refractivity contribution in [1.82, 2.24) is 15.1 Å². The molecule has 16 heavy (non-hydrogen) atoms. The Balaban J connectivity index is 2.16. The lowest BCUT2D eigenvalue weighted by atomic mass is 10.2. The monoisotopic (exact) mass is 233 g/mol. The molecule has 1 aromatic heterocycles. The third-order valence-corrected chi connectivity index (χ3v) is 2.24. The second kappa shape index (κ2) is 6.55. The molecule has 4 nitrogen and oxygen atoms in total. The summed E-state index contributed by atoms with van der Waals surface area (Å²) in [6.45, 7) is 2.32. The van der Waals surface area contributed by atoms with Gasteiger partial charge in [-0.25, -0.2) is 8.78 Å². The Bertz CT molecular complexity index is 304. The molecule has 1 unspecified atom stereocenters. The van der Waals surface area contributed by atoms with E-state index in [9.17, 15) is 8.78 Å². The Morgan fingerprint density at radius 3 is 2.88 bits per heavy atom.